The molecular formula is C13H16N2O4. The number of amides is 1. The minimum absolute atomic E-state index is 0.0913. The van der Waals surface area contributed by atoms with Crippen LogP contribution in [0.4, 0.5) is 0 Å². The average molecular weight is 264 g/mol. The van der Waals surface area contributed by atoms with Gasteiger partial charge < -0.3 is 14.4 Å². The Kier molecular flexibility index (Phi) is 2.80. The standard InChI is InChI=1S/C13H16N2O4/c1-7-11(14-6-19-7)12(16)15-4-9(8-2-3-8)10(5-15)13(17)18/h6,8-10H,2-5H2,1H3,(H,17,18)/t9-,10+/m1/s1. The summed E-state index contributed by atoms with van der Waals surface area (Å²) in [6.07, 6.45) is 3.41. The number of carboxylic acids is 1. The van der Waals surface area contributed by atoms with Gasteiger partial charge in [0.25, 0.3) is 5.91 Å². The highest BCUT2D eigenvalue weighted by atomic mass is 16.4. The molecule has 6 nitrogen and oxygen atoms in total. The van der Waals surface area contributed by atoms with Gasteiger partial charge in [-0.25, -0.2) is 4.98 Å². The van der Waals surface area contributed by atoms with Gasteiger partial charge in [0.1, 0.15) is 5.76 Å². The molecule has 1 saturated carbocycles. The lowest BCUT2D eigenvalue weighted by Gasteiger charge is -2.14. The number of carbonyl (C=O) groups excluding carboxylic acids is 1. The fourth-order valence-corrected chi connectivity index (χ4v) is 2.92. The largest absolute Gasteiger partial charge is 0.481 e. The van der Waals surface area contributed by atoms with E-state index in [1.165, 1.54) is 6.39 Å². The Morgan fingerprint density at radius 3 is 2.68 bits per heavy atom. The number of aryl methyl sites for hydroxylation is 1. The molecule has 1 aromatic heterocycles. The molecule has 1 aromatic rings. The topological polar surface area (TPSA) is 83.6 Å². The van der Waals surface area contributed by atoms with E-state index in [2.05, 4.69) is 4.98 Å². The van der Waals surface area contributed by atoms with Crippen LogP contribution in [0.2, 0.25) is 0 Å². The molecule has 1 aliphatic heterocycles. The molecule has 0 unspecified atom stereocenters. The van der Waals surface area contributed by atoms with Crippen LogP contribution < -0.4 is 0 Å². The van der Waals surface area contributed by atoms with Gasteiger partial charge in [0.05, 0.1) is 5.92 Å². The molecule has 6 heteroatoms. The third-order valence-electron chi connectivity index (χ3n) is 4.14. The number of carbonyl (C=O) groups is 2. The van der Waals surface area contributed by atoms with Crippen LogP contribution in [0.5, 0.6) is 0 Å². The Bertz CT molecular complexity index is 520. The molecular weight excluding hydrogens is 248 g/mol. The number of nitrogens with zero attached hydrogens (tertiary/aromatic N) is 2. The molecule has 3 rings (SSSR count). The zero-order valence-corrected chi connectivity index (χ0v) is 10.7. The summed E-state index contributed by atoms with van der Waals surface area (Å²) in [4.78, 5) is 29.1. The lowest BCUT2D eigenvalue weighted by atomic mass is 9.92. The Morgan fingerprint density at radius 1 is 1.42 bits per heavy atom. The summed E-state index contributed by atoms with van der Waals surface area (Å²) < 4.78 is 5.03. The van der Waals surface area contributed by atoms with Gasteiger partial charge in [0.15, 0.2) is 12.1 Å². The second-order valence-corrected chi connectivity index (χ2v) is 5.41. The maximum Gasteiger partial charge on any atom is 0.308 e. The van der Waals surface area contributed by atoms with Crippen LogP contribution in [0.25, 0.3) is 0 Å². The maximum absolute atomic E-state index is 12.3. The summed E-state index contributed by atoms with van der Waals surface area (Å²) in [6.45, 7) is 2.48. The number of oxazole rings is 1. The molecule has 1 saturated heterocycles. The van der Waals surface area contributed by atoms with Crippen molar-refractivity contribution in [1.82, 2.24) is 9.88 Å². The number of hydrogen-bond acceptors (Lipinski definition) is 4. The normalized spacial score (nSPS) is 26.7. The minimum atomic E-state index is -0.802. The number of likely N-dealkylation sites (tertiary alicyclic amines) is 1. The van der Waals surface area contributed by atoms with Crippen LogP contribution >= 0.6 is 0 Å². The Hall–Kier alpha value is -1.85. The summed E-state index contributed by atoms with van der Waals surface area (Å²) in [5.41, 5.74) is 0.292. The predicted molar refractivity (Wildman–Crippen MR) is 64.5 cm³/mol. The Balaban J connectivity index is 1.78. The van der Waals surface area contributed by atoms with Gasteiger partial charge >= 0.3 is 5.97 Å². The molecule has 0 aromatic carbocycles. The zero-order chi connectivity index (χ0) is 13.6. The molecule has 2 fully saturated rings. The second-order valence-electron chi connectivity index (χ2n) is 5.41. The smallest absolute Gasteiger partial charge is 0.308 e. The van der Waals surface area contributed by atoms with Crippen molar-refractivity contribution in [3.63, 3.8) is 0 Å². The van der Waals surface area contributed by atoms with Crippen molar-refractivity contribution in [2.24, 2.45) is 17.8 Å². The van der Waals surface area contributed by atoms with Crippen molar-refractivity contribution < 1.29 is 19.1 Å². The van der Waals surface area contributed by atoms with Gasteiger partial charge in [0, 0.05) is 13.1 Å². The van der Waals surface area contributed by atoms with Crippen molar-refractivity contribution >= 4 is 11.9 Å². The van der Waals surface area contributed by atoms with Crippen LogP contribution in [0.3, 0.4) is 0 Å². The average Bonchev–Trinajstić information content (AvgIpc) is 2.97. The van der Waals surface area contributed by atoms with Gasteiger partial charge in [0.2, 0.25) is 0 Å². The Labute approximate surface area is 110 Å². The van der Waals surface area contributed by atoms with E-state index in [0.29, 0.717) is 23.9 Å². The van der Waals surface area contributed by atoms with Gasteiger partial charge in [-0.2, -0.15) is 0 Å². The molecule has 1 amide bonds. The molecule has 1 N–H and O–H groups in total. The zero-order valence-electron chi connectivity index (χ0n) is 10.7. The quantitative estimate of drug-likeness (QED) is 0.885. The van der Waals surface area contributed by atoms with Crippen molar-refractivity contribution in [1.29, 1.82) is 0 Å². The first-order chi connectivity index (χ1) is 9.08. The predicted octanol–water partition coefficient (Wildman–Crippen LogP) is 1.17. The van der Waals surface area contributed by atoms with E-state index < -0.39 is 11.9 Å². The molecule has 0 spiro atoms. The van der Waals surface area contributed by atoms with Crippen molar-refractivity contribution in [2.45, 2.75) is 19.8 Å². The van der Waals surface area contributed by atoms with E-state index in [0.717, 1.165) is 12.8 Å². The van der Waals surface area contributed by atoms with Crippen LogP contribution in [0, 0.1) is 24.7 Å². The lowest BCUT2D eigenvalue weighted by Crippen LogP contribution is -2.30. The fourth-order valence-electron chi connectivity index (χ4n) is 2.92. The summed E-state index contributed by atoms with van der Waals surface area (Å²) in [7, 11) is 0. The van der Waals surface area contributed by atoms with Crippen molar-refractivity contribution in [3.05, 3.63) is 17.8 Å². The molecule has 2 heterocycles. The molecule has 0 radical (unpaired) electrons. The van der Waals surface area contributed by atoms with Gasteiger partial charge in [-0.3, -0.25) is 9.59 Å². The monoisotopic (exact) mass is 264 g/mol. The van der Waals surface area contributed by atoms with Crippen molar-refractivity contribution in [3.8, 4) is 0 Å². The summed E-state index contributed by atoms with van der Waals surface area (Å²) >= 11 is 0. The number of hydrogen-bond donors (Lipinski definition) is 1. The second kappa shape index (κ2) is 4.36. The number of aliphatic carboxylic acids is 1. The van der Waals surface area contributed by atoms with Crippen molar-refractivity contribution in [2.75, 3.05) is 13.1 Å². The Morgan fingerprint density at radius 2 is 2.16 bits per heavy atom. The number of carboxylic acid groups (broad SMARTS) is 1. The van der Waals surface area contributed by atoms with Crippen LogP contribution in [-0.2, 0) is 4.79 Å². The highest BCUT2D eigenvalue weighted by Gasteiger charge is 2.47. The molecule has 102 valence electrons. The van der Waals surface area contributed by atoms with Gasteiger partial charge in [-0.05, 0) is 31.6 Å². The molecule has 2 atom stereocenters. The highest BCUT2D eigenvalue weighted by molar-refractivity contribution is 5.93. The van der Waals surface area contributed by atoms with E-state index in [-0.39, 0.29) is 18.4 Å². The van der Waals surface area contributed by atoms with E-state index in [1.54, 1.807) is 11.8 Å². The van der Waals surface area contributed by atoms with Gasteiger partial charge in [-0.1, -0.05) is 0 Å². The fraction of sp³-hybridized carbons (Fsp3) is 0.615. The first-order valence-corrected chi connectivity index (χ1v) is 6.50. The first kappa shape index (κ1) is 12.2. The van der Waals surface area contributed by atoms with Gasteiger partial charge in [-0.15, -0.1) is 0 Å². The third-order valence-corrected chi connectivity index (χ3v) is 4.14. The van der Waals surface area contributed by atoms with Crippen LogP contribution in [-0.4, -0.2) is 40.0 Å². The number of rotatable bonds is 3. The van der Waals surface area contributed by atoms with E-state index in [1.807, 2.05) is 0 Å². The summed E-state index contributed by atoms with van der Waals surface area (Å²) in [5.74, 6) is -0.425. The third kappa shape index (κ3) is 2.11. The molecule has 2 aliphatic rings. The summed E-state index contributed by atoms with van der Waals surface area (Å²) in [6, 6.07) is 0. The minimum Gasteiger partial charge on any atom is -0.481 e. The molecule has 19 heavy (non-hydrogen) atoms. The molecule has 0 bridgehead atoms. The van der Waals surface area contributed by atoms with Crippen LogP contribution in [0.1, 0.15) is 29.1 Å². The van der Waals surface area contributed by atoms with E-state index in [9.17, 15) is 14.7 Å². The van der Waals surface area contributed by atoms with Crippen LogP contribution in [0.15, 0.2) is 10.8 Å². The maximum atomic E-state index is 12.3. The van der Waals surface area contributed by atoms with E-state index in [4.69, 9.17) is 4.42 Å². The highest BCUT2D eigenvalue weighted by Crippen LogP contribution is 2.44. The number of aromatic nitrogens is 1. The first-order valence-electron chi connectivity index (χ1n) is 6.50. The molecule has 1 aliphatic carbocycles. The van der Waals surface area contributed by atoms with E-state index >= 15 is 0 Å². The SMILES string of the molecule is Cc1ocnc1C(=O)N1C[C@H](C(=O)O)[C@@H](C2CC2)C1. The summed E-state index contributed by atoms with van der Waals surface area (Å²) in [5, 5.41) is 9.27. The lowest BCUT2D eigenvalue weighted by molar-refractivity contribution is -0.142.